The van der Waals surface area contributed by atoms with E-state index in [1.807, 2.05) is 32.0 Å². The first-order chi connectivity index (χ1) is 9.09. The number of benzene rings is 1. The van der Waals surface area contributed by atoms with Crippen molar-refractivity contribution in [3.63, 3.8) is 0 Å². The zero-order chi connectivity index (χ0) is 13.8. The minimum Gasteiger partial charge on any atom is -0.293 e. The SMILES string of the molecule is CC(C)n1c(SCC(=O)c2ccccc2)n[nH]c1=O. The first-order valence-electron chi connectivity index (χ1n) is 5.97. The van der Waals surface area contributed by atoms with Crippen LogP contribution in [-0.2, 0) is 0 Å². The Balaban J connectivity index is 2.08. The summed E-state index contributed by atoms with van der Waals surface area (Å²) in [5.74, 6) is 0.289. The molecule has 0 unspecified atom stereocenters. The van der Waals surface area contributed by atoms with Crippen molar-refractivity contribution < 1.29 is 4.79 Å². The highest BCUT2D eigenvalue weighted by Crippen LogP contribution is 2.18. The normalized spacial score (nSPS) is 10.9. The van der Waals surface area contributed by atoms with Crippen LogP contribution in [0.5, 0.6) is 0 Å². The highest BCUT2D eigenvalue weighted by molar-refractivity contribution is 7.99. The summed E-state index contributed by atoms with van der Waals surface area (Å²) < 4.78 is 1.54. The summed E-state index contributed by atoms with van der Waals surface area (Å²) in [5.41, 5.74) is 0.425. The lowest BCUT2D eigenvalue weighted by Gasteiger charge is -2.07. The van der Waals surface area contributed by atoms with Gasteiger partial charge in [0, 0.05) is 11.6 Å². The molecule has 0 saturated heterocycles. The van der Waals surface area contributed by atoms with Crippen molar-refractivity contribution in [3.8, 4) is 0 Å². The summed E-state index contributed by atoms with van der Waals surface area (Å²) in [5, 5.41) is 6.89. The van der Waals surface area contributed by atoms with Crippen LogP contribution in [0.25, 0.3) is 0 Å². The topological polar surface area (TPSA) is 67.8 Å². The summed E-state index contributed by atoms with van der Waals surface area (Å²) in [7, 11) is 0. The van der Waals surface area contributed by atoms with Crippen molar-refractivity contribution in [2.45, 2.75) is 25.0 Å². The number of nitrogens with zero attached hydrogens (tertiary/aromatic N) is 2. The van der Waals surface area contributed by atoms with Gasteiger partial charge in [-0.1, -0.05) is 42.1 Å². The number of H-pyrrole nitrogens is 1. The quantitative estimate of drug-likeness (QED) is 0.671. The molecule has 0 bridgehead atoms. The second-order valence-corrected chi connectivity index (χ2v) is 5.30. The fraction of sp³-hybridized carbons (Fsp3) is 0.308. The molecule has 1 N–H and O–H groups in total. The third-order valence-electron chi connectivity index (χ3n) is 2.62. The lowest BCUT2D eigenvalue weighted by Crippen LogP contribution is -2.19. The monoisotopic (exact) mass is 277 g/mol. The standard InChI is InChI=1S/C13H15N3O2S/c1-9(2)16-12(18)14-15-13(16)19-8-11(17)10-6-4-3-5-7-10/h3-7,9H,8H2,1-2H3,(H,14,18). The van der Waals surface area contributed by atoms with Crippen molar-refractivity contribution in [1.82, 2.24) is 14.8 Å². The van der Waals surface area contributed by atoms with Gasteiger partial charge < -0.3 is 0 Å². The number of ketones is 1. The molecule has 0 atom stereocenters. The average Bonchev–Trinajstić information content (AvgIpc) is 2.78. The molecule has 1 heterocycles. The number of rotatable bonds is 5. The van der Waals surface area contributed by atoms with Crippen LogP contribution in [0.3, 0.4) is 0 Å². The summed E-state index contributed by atoms with van der Waals surface area (Å²) in [6.07, 6.45) is 0. The van der Waals surface area contributed by atoms with Gasteiger partial charge in [-0.3, -0.25) is 9.36 Å². The van der Waals surface area contributed by atoms with Gasteiger partial charge in [0.25, 0.3) is 0 Å². The Morgan fingerprint density at radius 1 is 1.37 bits per heavy atom. The number of thioether (sulfide) groups is 1. The van der Waals surface area contributed by atoms with Gasteiger partial charge in [0.15, 0.2) is 10.9 Å². The lowest BCUT2D eigenvalue weighted by atomic mass is 10.2. The maximum atomic E-state index is 12.0. The van der Waals surface area contributed by atoms with Crippen LogP contribution in [-0.4, -0.2) is 26.3 Å². The van der Waals surface area contributed by atoms with Crippen LogP contribution in [0.15, 0.2) is 40.3 Å². The van der Waals surface area contributed by atoms with E-state index in [0.29, 0.717) is 10.7 Å². The summed E-state index contributed by atoms with van der Waals surface area (Å²) in [4.78, 5) is 23.5. The summed E-state index contributed by atoms with van der Waals surface area (Å²) in [6, 6.07) is 9.10. The Morgan fingerprint density at radius 3 is 2.68 bits per heavy atom. The number of carbonyl (C=O) groups excluding carboxylic acids is 1. The van der Waals surface area contributed by atoms with Gasteiger partial charge in [-0.15, -0.1) is 5.10 Å². The van der Waals surface area contributed by atoms with Gasteiger partial charge in [-0.25, -0.2) is 9.89 Å². The molecule has 1 aromatic carbocycles. The molecule has 0 aliphatic rings. The van der Waals surface area contributed by atoms with Gasteiger partial charge in [-0.05, 0) is 13.8 Å². The van der Waals surface area contributed by atoms with E-state index in [2.05, 4.69) is 10.2 Å². The Kier molecular flexibility index (Phi) is 4.21. The van der Waals surface area contributed by atoms with Crippen molar-refractivity contribution in [1.29, 1.82) is 0 Å². The molecule has 0 aliphatic carbocycles. The number of aromatic nitrogens is 3. The third-order valence-corrected chi connectivity index (χ3v) is 3.57. The number of carbonyl (C=O) groups is 1. The van der Waals surface area contributed by atoms with Crippen LogP contribution in [0, 0.1) is 0 Å². The van der Waals surface area contributed by atoms with Crippen molar-refractivity contribution in [3.05, 3.63) is 46.4 Å². The van der Waals surface area contributed by atoms with Gasteiger partial charge in [0.2, 0.25) is 0 Å². The number of Topliss-reactive ketones (excluding diaryl/α,β-unsaturated/α-hetero) is 1. The van der Waals surface area contributed by atoms with Gasteiger partial charge >= 0.3 is 5.69 Å². The molecule has 0 aliphatic heterocycles. The second kappa shape index (κ2) is 5.88. The molecule has 100 valence electrons. The number of aromatic amines is 1. The first kappa shape index (κ1) is 13.6. The molecule has 0 fully saturated rings. The third kappa shape index (κ3) is 3.14. The van der Waals surface area contributed by atoms with E-state index in [4.69, 9.17) is 0 Å². The smallest absolute Gasteiger partial charge is 0.293 e. The van der Waals surface area contributed by atoms with Crippen molar-refractivity contribution >= 4 is 17.5 Å². The molecular weight excluding hydrogens is 262 g/mol. The fourth-order valence-electron chi connectivity index (χ4n) is 1.68. The summed E-state index contributed by atoms with van der Waals surface area (Å²) in [6.45, 7) is 3.81. The molecule has 0 amide bonds. The first-order valence-corrected chi connectivity index (χ1v) is 6.96. The zero-order valence-electron chi connectivity index (χ0n) is 10.8. The molecule has 0 saturated carbocycles. The Morgan fingerprint density at radius 2 is 2.05 bits per heavy atom. The molecule has 19 heavy (non-hydrogen) atoms. The predicted octanol–water partition coefficient (Wildman–Crippen LogP) is 2.13. The van der Waals surface area contributed by atoms with Crippen LogP contribution in [0.1, 0.15) is 30.2 Å². The van der Waals surface area contributed by atoms with E-state index in [1.165, 1.54) is 11.8 Å². The number of nitrogens with one attached hydrogen (secondary N) is 1. The molecule has 2 rings (SSSR count). The molecule has 5 nitrogen and oxygen atoms in total. The van der Waals surface area contributed by atoms with Crippen LogP contribution < -0.4 is 5.69 Å². The van der Waals surface area contributed by atoms with Crippen LogP contribution in [0.2, 0.25) is 0 Å². The van der Waals surface area contributed by atoms with E-state index in [-0.39, 0.29) is 23.3 Å². The Labute approximate surface area is 115 Å². The average molecular weight is 277 g/mol. The van der Waals surface area contributed by atoms with E-state index >= 15 is 0 Å². The largest absolute Gasteiger partial charge is 0.344 e. The van der Waals surface area contributed by atoms with E-state index in [1.54, 1.807) is 16.7 Å². The van der Waals surface area contributed by atoms with E-state index < -0.39 is 0 Å². The highest BCUT2D eigenvalue weighted by atomic mass is 32.2. The molecule has 0 radical (unpaired) electrons. The van der Waals surface area contributed by atoms with E-state index in [9.17, 15) is 9.59 Å². The maximum absolute atomic E-state index is 12.0. The molecular formula is C13H15N3O2S. The Hall–Kier alpha value is -1.82. The maximum Gasteiger partial charge on any atom is 0.344 e. The Bertz CT molecular complexity index is 616. The van der Waals surface area contributed by atoms with Crippen molar-refractivity contribution in [2.75, 3.05) is 5.75 Å². The minimum atomic E-state index is -0.246. The summed E-state index contributed by atoms with van der Waals surface area (Å²) >= 11 is 1.27. The predicted molar refractivity (Wildman–Crippen MR) is 74.7 cm³/mol. The number of hydrogen-bond acceptors (Lipinski definition) is 4. The van der Waals surface area contributed by atoms with Crippen molar-refractivity contribution in [2.24, 2.45) is 0 Å². The molecule has 0 spiro atoms. The van der Waals surface area contributed by atoms with Gasteiger partial charge in [-0.2, -0.15) is 0 Å². The van der Waals surface area contributed by atoms with Gasteiger partial charge in [0.1, 0.15) is 0 Å². The fourth-order valence-corrected chi connectivity index (χ4v) is 2.65. The van der Waals surface area contributed by atoms with Gasteiger partial charge in [0.05, 0.1) is 5.75 Å². The van der Waals surface area contributed by atoms with E-state index in [0.717, 1.165) is 0 Å². The van der Waals surface area contributed by atoms with Crippen LogP contribution in [0.4, 0.5) is 0 Å². The molecule has 1 aromatic heterocycles. The zero-order valence-corrected chi connectivity index (χ0v) is 11.6. The highest BCUT2D eigenvalue weighted by Gasteiger charge is 2.14. The number of hydrogen-bond donors (Lipinski definition) is 1. The van der Waals surface area contributed by atoms with Crippen LogP contribution >= 0.6 is 11.8 Å². The molecule has 6 heteroatoms. The molecule has 2 aromatic rings. The second-order valence-electron chi connectivity index (χ2n) is 4.35. The minimum absolute atomic E-state index is 0.0144. The lowest BCUT2D eigenvalue weighted by molar-refractivity contribution is 0.102.